The smallest absolute Gasteiger partial charge is 0.0991 e. The normalized spacial score (nSPS) is 10.1. The molecule has 0 fully saturated rings. The first-order valence-corrected chi connectivity index (χ1v) is 6.22. The third-order valence-electron chi connectivity index (χ3n) is 2.60. The molecule has 2 rings (SSSR count). The summed E-state index contributed by atoms with van der Waals surface area (Å²) in [6.45, 7) is 0. The number of hydrogen-bond donors (Lipinski definition) is 0. The molecule has 0 aromatic heterocycles. The Hall–Kier alpha value is -1.49. The summed E-state index contributed by atoms with van der Waals surface area (Å²) in [7, 11) is 0. The van der Waals surface area contributed by atoms with Crippen LogP contribution in [0.2, 0.25) is 10.0 Å². The third-order valence-corrected chi connectivity index (χ3v) is 3.17. The zero-order chi connectivity index (χ0) is 13.0. The highest BCUT2D eigenvalue weighted by atomic mass is 35.5. The van der Waals surface area contributed by atoms with Gasteiger partial charge in [-0.15, -0.1) is 0 Å². The topological polar surface area (TPSA) is 23.8 Å². The molecule has 0 amide bonds. The quantitative estimate of drug-likeness (QED) is 0.799. The van der Waals surface area contributed by atoms with Crippen LogP contribution in [0.5, 0.6) is 0 Å². The van der Waals surface area contributed by atoms with Crippen molar-refractivity contribution in [2.45, 2.75) is 6.42 Å². The fourth-order valence-corrected chi connectivity index (χ4v) is 2.10. The maximum Gasteiger partial charge on any atom is 0.0991 e. The first-order chi connectivity index (χ1) is 8.69. The molecule has 0 atom stereocenters. The van der Waals surface area contributed by atoms with Crippen LogP contribution in [0.4, 0.5) is 0 Å². The lowest BCUT2D eigenvalue weighted by atomic mass is 10.0. The van der Waals surface area contributed by atoms with Gasteiger partial charge in [0.15, 0.2) is 0 Å². The lowest BCUT2D eigenvalue weighted by molar-refractivity contribution is 1.16. The first-order valence-electron chi connectivity index (χ1n) is 5.46. The predicted molar refractivity (Wildman–Crippen MR) is 74.7 cm³/mol. The van der Waals surface area contributed by atoms with Gasteiger partial charge in [-0.25, -0.2) is 0 Å². The molecule has 0 unspecified atom stereocenters. The van der Waals surface area contributed by atoms with Crippen LogP contribution in [0.15, 0.2) is 42.5 Å². The summed E-state index contributed by atoms with van der Waals surface area (Å²) in [5.74, 6) is 0. The lowest BCUT2D eigenvalue weighted by Gasteiger charge is -2.04. The molecular formula is C15H10Cl2N. The summed E-state index contributed by atoms with van der Waals surface area (Å²) in [4.78, 5) is 0. The Labute approximate surface area is 117 Å². The molecule has 2 aromatic rings. The summed E-state index contributed by atoms with van der Waals surface area (Å²) in [6.07, 6.45) is 2.81. The summed E-state index contributed by atoms with van der Waals surface area (Å²) >= 11 is 11.9. The van der Waals surface area contributed by atoms with Gasteiger partial charge >= 0.3 is 0 Å². The maximum absolute atomic E-state index is 8.71. The van der Waals surface area contributed by atoms with Crippen LogP contribution in [0.1, 0.15) is 16.7 Å². The molecule has 18 heavy (non-hydrogen) atoms. The Morgan fingerprint density at radius 1 is 1.06 bits per heavy atom. The minimum atomic E-state index is 0.635. The molecule has 0 saturated heterocycles. The molecule has 0 spiro atoms. The van der Waals surface area contributed by atoms with E-state index in [1.54, 1.807) is 6.07 Å². The van der Waals surface area contributed by atoms with Gasteiger partial charge in [0.05, 0.1) is 11.6 Å². The summed E-state index contributed by atoms with van der Waals surface area (Å²) in [5.41, 5.74) is 2.77. The highest BCUT2D eigenvalue weighted by Crippen LogP contribution is 2.23. The van der Waals surface area contributed by atoms with Crippen molar-refractivity contribution in [3.8, 4) is 6.07 Å². The van der Waals surface area contributed by atoms with E-state index in [1.165, 1.54) is 0 Å². The van der Waals surface area contributed by atoms with Crippen molar-refractivity contribution in [3.05, 3.63) is 75.6 Å². The molecule has 0 aliphatic carbocycles. The molecule has 1 nitrogen and oxygen atoms in total. The number of nitriles is 1. The van der Waals surface area contributed by atoms with Crippen molar-refractivity contribution in [1.82, 2.24) is 0 Å². The van der Waals surface area contributed by atoms with Gasteiger partial charge in [-0.3, -0.25) is 0 Å². The molecule has 0 bridgehead atoms. The summed E-state index contributed by atoms with van der Waals surface area (Å²) in [5, 5.41) is 9.99. The van der Waals surface area contributed by atoms with E-state index in [9.17, 15) is 0 Å². The van der Waals surface area contributed by atoms with Crippen molar-refractivity contribution in [1.29, 1.82) is 5.26 Å². The van der Waals surface area contributed by atoms with Crippen molar-refractivity contribution >= 4 is 23.2 Å². The molecule has 0 N–H and O–H groups in total. The van der Waals surface area contributed by atoms with E-state index in [-0.39, 0.29) is 0 Å². The van der Waals surface area contributed by atoms with Gasteiger partial charge in [-0.2, -0.15) is 5.26 Å². The van der Waals surface area contributed by atoms with Gasteiger partial charge < -0.3 is 0 Å². The van der Waals surface area contributed by atoms with Gasteiger partial charge in [0.25, 0.3) is 0 Å². The van der Waals surface area contributed by atoms with Crippen LogP contribution in [0.3, 0.4) is 0 Å². The SMILES string of the molecule is N#Cc1ccc(C[CH]c2ccc(Cl)cc2Cl)cc1. The van der Waals surface area contributed by atoms with Crippen molar-refractivity contribution in [2.24, 2.45) is 0 Å². The number of benzene rings is 2. The zero-order valence-corrected chi connectivity index (χ0v) is 11.0. The van der Waals surface area contributed by atoms with Crippen molar-refractivity contribution < 1.29 is 0 Å². The fraction of sp³-hybridized carbons (Fsp3) is 0.0667. The van der Waals surface area contributed by atoms with E-state index in [1.807, 2.05) is 42.8 Å². The Bertz CT molecular complexity index is 582. The van der Waals surface area contributed by atoms with E-state index in [4.69, 9.17) is 28.5 Å². The maximum atomic E-state index is 8.71. The third kappa shape index (κ3) is 3.26. The largest absolute Gasteiger partial charge is 0.192 e. The molecule has 2 aromatic carbocycles. The standard InChI is InChI=1S/C15H10Cl2N/c16-14-8-7-13(15(17)9-14)6-5-11-1-3-12(10-18)4-2-11/h1-4,6-9H,5H2. The second-order valence-corrected chi connectivity index (χ2v) is 4.73. The predicted octanol–water partition coefficient (Wildman–Crippen LogP) is 4.66. The van der Waals surface area contributed by atoms with Gasteiger partial charge in [0, 0.05) is 10.0 Å². The van der Waals surface area contributed by atoms with E-state index < -0.39 is 0 Å². The monoisotopic (exact) mass is 274 g/mol. The molecular weight excluding hydrogens is 265 g/mol. The number of hydrogen-bond acceptors (Lipinski definition) is 1. The molecule has 89 valence electrons. The second-order valence-electron chi connectivity index (χ2n) is 3.88. The average Bonchev–Trinajstić information content (AvgIpc) is 2.38. The molecule has 0 aliphatic heterocycles. The molecule has 1 radical (unpaired) electrons. The highest BCUT2D eigenvalue weighted by molar-refractivity contribution is 6.35. The summed E-state index contributed by atoms with van der Waals surface area (Å²) < 4.78 is 0. The van der Waals surface area contributed by atoms with Gasteiger partial charge in [0.1, 0.15) is 0 Å². The van der Waals surface area contributed by atoms with Crippen molar-refractivity contribution in [2.75, 3.05) is 0 Å². The van der Waals surface area contributed by atoms with Crippen LogP contribution >= 0.6 is 23.2 Å². The molecule has 3 heteroatoms. The van der Waals surface area contributed by atoms with Gasteiger partial charge in [0.2, 0.25) is 0 Å². The molecule has 0 saturated carbocycles. The number of nitrogens with zero attached hydrogens (tertiary/aromatic N) is 1. The zero-order valence-electron chi connectivity index (χ0n) is 9.53. The van der Waals surface area contributed by atoms with Crippen LogP contribution in [0, 0.1) is 17.8 Å². The average molecular weight is 275 g/mol. The minimum Gasteiger partial charge on any atom is -0.192 e. The number of rotatable bonds is 3. The van der Waals surface area contributed by atoms with E-state index in [0.29, 0.717) is 15.6 Å². The van der Waals surface area contributed by atoms with Crippen LogP contribution < -0.4 is 0 Å². The van der Waals surface area contributed by atoms with Gasteiger partial charge in [-0.05, 0) is 48.2 Å². The minimum absolute atomic E-state index is 0.635. The number of halogens is 2. The van der Waals surface area contributed by atoms with Crippen LogP contribution in [-0.2, 0) is 6.42 Å². The summed E-state index contributed by atoms with van der Waals surface area (Å²) in [6, 6.07) is 15.1. The van der Waals surface area contributed by atoms with Crippen LogP contribution in [-0.4, -0.2) is 0 Å². The highest BCUT2D eigenvalue weighted by Gasteiger charge is 2.02. The van der Waals surface area contributed by atoms with Gasteiger partial charge in [-0.1, -0.05) is 41.4 Å². The lowest BCUT2D eigenvalue weighted by Crippen LogP contribution is -1.90. The Morgan fingerprint density at radius 3 is 2.39 bits per heavy atom. The Morgan fingerprint density at radius 2 is 1.78 bits per heavy atom. The first kappa shape index (κ1) is 13.0. The Balaban J connectivity index is 2.04. The van der Waals surface area contributed by atoms with E-state index >= 15 is 0 Å². The van der Waals surface area contributed by atoms with E-state index in [0.717, 1.165) is 17.5 Å². The Kier molecular flexibility index (Phi) is 4.25. The molecule has 0 heterocycles. The second kappa shape index (κ2) is 5.91. The fourth-order valence-electron chi connectivity index (χ4n) is 1.61. The van der Waals surface area contributed by atoms with E-state index in [2.05, 4.69) is 6.07 Å². The van der Waals surface area contributed by atoms with Crippen molar-refractivity contribution in [3.63, 3.8) is 0 Å². The van der Waals surface area contributed by atoms with Crippen LogP contribution in [0.25, 0.3) is 0 Å². The molecule has 0 aliphatic rings.